The summed E-state index contributed by atoms with van der Waals surface area (Å²) in [6, 6.07) is 5.95. The Hall–Kier alpha value is -1.82. The highest BCUT2D eigenvalue weighted by atomic mass is 32.1. The second-order valence-electron chi connectivity index (χ2n) is 6.32. The molecule has 0 radical (unpaired) electrons. The van der Waals surface area contributed by atoms with Gasteiger partial charge in [-0.25, -0.2) is 4.98 Å². The van der Waals surface area contributed by atoms with E-state index < -0.39 is 0 Å². The number of likely N-dealkylation sites (tertiary alicyclic amines) is 1. The Balaban J connectivity index is 1.42. The molecule has 122 valence electrons. The van der Waals surface area contributed by atoms with Crippen molar-refractivity contribution in [1.82, 2.24) is 9.88 Å². The molecule has 2 aromatic rings. The number of aromatic nitrogens is 1. The van der Waals surface area contributed by atoms with Crippen molar-refractivity contribution < 1.29 is 9.53 Å². The highest BCUT2D eigenvalue weighted by Crippen LogP contribution is 2.35. The number of piperidine rings is 1. The molecular weight excluding hydrogens is 310 g/mol. The first-order valence-corrected chi connectivity index (χ1v) is 9.04. The number of hydrogen-bond acceptors (Lipinski definition) is 5. The van der Waals surface area contributed by atoms with E-state index >= 15 is 0 Å². The van der Waals surface area contributed by atoms with Crippen molar-refractivity contribution in [2.24, 2.45) is 5.92 Å². The van der Waals surface area contributed by atoms with Crippen LogP contribution in [0.4, 0.5) is 5.13 Å². The molecule has 0 N–H and O–H groups in total. The Labute approximate surface area is 139 Å². The van der Waals surface area contributed by atoms with Crippen LogP contribution in [0.5, 0.6) is 5.75 Å². The second-order valence-corrected chi connectivity index (χ2v) is 7.33. The number of methoxy groups -OCH3 is 1. The van der Waals surface area contributed by atoms with Crippen LogP contribution in [0.3, 0.4) is 0 Å². The number of amides is 1. The number of benzene rings is 1. The molecule has 4 rings (SSSR count). The van der Waals surface area contributed by atoms with E-state index in [-0.39, 0.29) is 5.92 Å². The summed E-state index contributed by atoms with van der Waals surface area (Å²) in [6.45, 7) is 3.48. The molecule has 2 saturated heterocycles. The maximum atomic E-state index is 12.5. The first kappa shape index (κ1) is 14.8. The van der Waals surface area contributed by atoms with E-state index in [1.807, 2.05) is 18.2 Å². The number of thiazole rings is 1. The summed E-state index contributed by atoms with van der Waals surface area (Å²) in [5.41, 5.74) is 0.997. The molecule has 2 fully saturated rings. The maximum absolute atomic E-state index is 12.5. The second kappa shape index (κ2) is 6.00. The largest absolute Gasteiger partial charge is 0.497 e. The van der Waals surface area contributed by atoms with Crippen molar-refractivity contribution in [3.63, 3.8) is 0 Å². The van der Waals surface area contributed by atoms with Gasteiger partial charge in [0.15, 0.2) is 5.13 Å². The Morgan fingerprint density at radius 3 is 2.78 bits per heavy atom. The fourth-order valence-corrected chi connectivity index (χ4v) is 4.33. The lowest BCUT2D eigenvalue weighted by Crippen LogP contribution is -2.55. The normalized spacial score (nSPS) is 19.0. The molecule has 2 aliphatic heterocycles. The van der Waals surface area contributed by atoms with Gasteiger partial charge in [0.1, 0.15) is 5.75 Å². The number of nitrogens with zero attached hydrogens (tertiary/aromatic N) is 3. The van der Waals surface area contributed by atoms with Gasteiger partial charge in [-0.05, 0) is 37.5 Å². The number of ether oxygens (including phenoxy) is 1. The minimum absolute atomic E-state index is 0.148. The summed E-state index contributed by atoms with van der Waals surface area (Å²) in [5.74, 6) is 1.34. The zero-order valence-corrected chi connectivity index (χ0v) is 14.1. The molecule has 0 saturated carbocycles. The minimum Gasteiger partial charge on any atom is -0.497 e. The average Bonchev–Trinajstić information content (AvgIpc) is 2.96. The van der Waals surface area contributed by atoms with Crippen molar-refractivity contribution in [1.29, 1.82) is 0 Å². The summed E-state index contributed by atoms with van der Waals surface area (Å²) in [4.78, 5) is 21.4. The molecular formula is C17H21N3O2S. The van der Waals surface area contributed by atoms with Gasteiger partial charge in [0.25, 0.3) is 0 Å². The monoisotopic (exact) mass is 331 g/mol. The lowest BCUT2D eigenvalue weighted by Gasteiger charge is -2.41. The summed E-state index contributed by atoms with van der Waals surface area (Å²) in [6.07, 6.45) is 3.57. The van der Waals surface area contributed by atoms with Gasteiger partial charge < -0.3 is 14.5 Å². The molecule has 0 bridgehead atoms. The molecule has 1 amide bonds. The highest BCUT2D eigenvalue weighted by molar-refractivity contribution is 7.22. The zero-order valence-electron chi connectivity index (χ0n) is 13.3. The van der Waals surface area contributed by atoms with Gasteiger partial charge in [0, 0.05) is 26.2 Å². The zero-order chi connectivity index (χ0) is 15.8. The standard InChI is InChI=1S/C17H21N3O2S/c1-22-13-5-6-14-15(9-13)23-17(18-14)20-10-12(11-20)16(21)19-7-3-2-4-8-19/h5-6,9,12H,2-4,7-8,10-11H2,1H3. The fraction of sp³-hybridized carbons (Fsp3) is 0.529. The Morgan fingerprint density at radius 1 is 1.26 bits per heavy atom. The fourth-order valence-electron chi connectivity index (χ4n) is 3.32. The van der Waals surface area contributed by atoms with E-state index in [4.69, 9.17) is 4.74 Å². The molecule has 6 heteroatoms. The average molecular weight is 331 g/mol. The molecule has 5 nitrogen and oxygen atoms in total. The first-order valence-electron chi connectivity index (χ1n) is 8.23. The van der Waals surface area contributed by atoms with Crippen LogP contribution >= 0.6 is 11.3 Å². The first-order chi connectivity index (χ1) is 11.2. The van der Waals surface area contributed by atoms with Gasteiger partial charge in [0.2, 0.25) is 5.91 Å². The molecule has 0 aliphatic carbocycles. The third-order valence-electron chi connectivity index (χ3n) is 4.75. The van der Waals surface area contributed by atoms with Crippen LogP contribution in [0.25, 0.3) is 10.2 Å². The van der Waals surface area contributed by atoms with E-state index in [9.17, 15) is 4.79 Å². The topological polar surface area (TPSA) is 45.7 Å². The summed E-state index contributed by atoms with van der Waals surface area (Å²) < 4.78 is 6.39. The van der Waals surface area contributed by atoms with Crippen LogP contribution in [-0.4, -0.2) is 49.1 Å². The smallest absolute Gasteiger partial charge is 0.229 e. The number of carbonyl (C=O) groups is 1. The third kappa shape index (κ3) is 2.76. The minimum atomic E-state index is 0.148. The van der Waals surface area contributed by atoms with Crippen molar-refractivity contribution >= 4 is 32.6 Å². The van der Waals surface area contributed by atoms with E-state index in [0.717, 1.165) is 60.1 Å². The maximum Gasteiger partial charge on any atom is 0.229 e. The predicted molar refractivity (Wildman–Crippen MR) is 92.3 cm³/mol. The van der Waals surface area contributed by atoms with Crippen LogP contribution in [0, 0.1) is 5.92 Å². The van der Waals surface area contributed by atoms with Crippen molar-refractivity contribution in [2.45, 2.75) is 19.3 Å². The molecule has 0 atom stereocenters. The SMILES string of the molecule is COc1ccc2nc(N3CC(C(=O)N4CCCCC4)C3)sc2c1. The quantitative estimate of drug-likeness (QED) is 0.867. The molecule has 0 unspecified atom stereocenters. The highest BCUT2D eigenvalue weighted by Gasteiger charge is 2.37. The number of rotatable bonds is 3. The molecule has 0 spiro atoms. The predicted octanol–water partition coefficient (Wildman–Crippen LogP) is 2.75. The summed E-state index contributed by atoms with van der Waals surface area (Å²) in [7, 11) is 1.68. The lowest BCUT2D eigenvalue weighted by molar-refractivity contribution is -0.137. The number of carbonyl (C=O) groups excluding carboxylic acids is 1. The molecule has 23 heavy (non-hydrogen) atoms. The van der Waals surface area contributed by atoms with E-state index in [0.29, 0.717) is 5.91 Å². The van der Waals surface area contributed by atoms with Crippen LogP contribution < -0.4 is 9.64 Å². The van der Waals surface area contributed by atoms with Crippen molar-refractivity contribution in [2.75, 3.05) is 38.2 Å². The van der Waals surface area contributed by atoms with E-state index in [2.05, 4.69) is 14.8 Å². The Kier molecular flexibility index (Phi) is 3.85. The van der Waals surface area contributed by atoms with Crippen LogP contribution in [-0.2, 0) is 4.79 Å². The Bertz CT molecular complexity index is 718. The summed E-state index contributed by atoms with van der Waals surface area (Å²) >= 11 is 1.67. The molecule has 1 aromatic heterocycles. The van der Waals surface area contributed by atoms with E-state index in [1.54, 1.807) is 18.4 Å². The number of fused-ring (bicyclic) bond motifs is 1. The van der Waals surface area contributed by atoms with Gasteiger partial charge in [-0.1, -0.05) is 11.3 Å². The number of anilines is 1. The van der Waals surface area contributed by atoms with Gasteiger partial charge in [-0.15, -0.1) is 0 Å². The van der Waals surface area contributed by atoms with Gasteiger partial charge in [-0.3, -0.25) is 4.79 Å². The van der Waals surface area contributed by atoms with Crippen molar-refractivity contribution in [3.05, 3.63) is 18.2 Å². The number of hydrogen-bond donors (Lipinski definition) is 0. The van der Waals surface area contributed by atoms with Gasteiger partial charge in [-0.2, -0.15) is 0 Å². The van der Waals surface area contributed by atoms with E-state index in [1.165, 1.54) is 6.42 Å². The van der Waals surface area contributed by atoms with Gasteiger partial charge in [0.05, 0.1) is 23.2 Å². The van der Waals surface area contributed by atoms with Crippen LogP contribution in [0.15, 0.2) is 18.2 Å². The van der Waals surface area contributed by atoms with Crippen molar-refractivity contribution in [3.8, 4) is 5.75 Å². The van der Waals surface area contributed by atoms with Gasteiger partial charge >= 0.3 is 0 Å². The summed E-state index contributed by atoms with van der Waals surface area (Å²) in [5, 5.41) is 1.01. The Morgan fingerprint density at radius 2 is 2.04 bits per heavy atom. The molecule has 2 aliphatic rings. The van der Waals surface area contributed by atoms with Crippen LogP contribution in [0.1, 0.15) is 19.3 Å². The molecule has 3 heterocycles. The third-order valence-corrected chi connectivity index (χ3v) is 5.83. The lowest BCUT2D eigenvalue weighted by atomic mass is 9.98. The molecule has 1 aromatic carbocycles. The van der Waals surface area contributed by atoms with Crippen LogP contribution in [0.2, 0.25) is 0 Å².